The zero-order chi connectivity index (χ0) is 15.1. The zero-order valence-electron chi connectivity index (χ0n) is 14.0. The average molecular weight is 283 g/mol. The van der Waals surface area contributed by atoms with Gasteiger partial charge >= 0.3 is 0 Å². The number of nitrogens with zero attached hydrogens (tertiary/aromatic N) is 2. The summed E-state index contributed by atoms with van der Waals surface area (Å²) >= 11 is 0. The first-order valence-corrected chi connectivity index (χ1v) is 8.18. The number of carbonyl (C=O) groups excluding carboxylic acids is 1. The van der Waals surface area contributed by atoms with Crippen LogP contribution in [0.25, 0.3) is 0 Å². The van der Waals surface area contributed by atoms with Gasteiger partial charge in [0, 0.05) is 6.54 Å². The summed E-state index contributed by atoms with van der Waals surface area (Å²) in [6.07, 6.45) is 5.73. The van der Waals surface area contributed by atoms with Crippen LogP contribution >= 0.6 is 0 Å². The first-order chi connectivity index (χ1) is 9.47. The molecule has 1 aliphatic heterocycles. The molecule has 0 aromatic rings. The number of rotatable bonds is 9. The first kappa shape index (κ1) is 17.4. The molecule has 20 heavy (non-hydrogen) atoms. The van der Waals surface area contributed by atoms with Gasteiger partial charge in [0.15, 0.2) is 0 Å². The van der Waals surface area contributed by atoms with Crippen molar-refractivity contribution in [2.75, 3.05) is 27.2 Å². The molecular weight excluding hydrogens is 250 g/mol. The van der Waals surface area contributed by atoms with Crippen molar-refractivity contribution in [3.63, 3.8) is 0 Å². The minimum absolute atomic E-state index is 0.0520. The summed E-state index contributed by atoms with van der Waals surface area (Å²) in [6.45, 7) is 8.56. The van der Waals surface area contributed by atoms with E-state index in [1.165, 1.54) is 0 Å². The fraction of sp³-hybridized carbons (Fsp3) is 0.938. The van der Waals surface area contributed by atoms with Crippen LogP contribution in [-0.2, 0) is 4.79 Å². The molecule has 1 rings (SSSR count). The minimum Gasteiger partial charge on any atom is -0.326 e. The van der Waals surface area contributed by atoms with Crippen LogP contribution in [0, 0.1) is 5.92 Å². The van der Waals surface area contributed by atoms with Crippen molar-refractivity contribution in [1.29, 1.82) is 0 Å². The third kappa shape index (κ3) is 5.06. The summed E-state index contributed by atoms with van der Waals surface area (Å²) in [5.74, 6) is 0.793. The van der Waals surface area contributed by atoms with Crippen LogP contribution in [0.5, 0.6) is 0 Å². The van der Waals surface area contributed by atoms with Gasteiger partial charge in [-0.05, 0) is 45.8 Å². The molecule has 0 spiro atoms. The van der Waals surface area contributed by atoms with Crippen molar-refractivity contribution in [2.24, 2.45) is 5.92 Å². The van der Waals surface area contributed by atoms with E-state index in [1.54, 1.807) is 0 Å². The van der Waals surface area contributed by atoms with E-state index in [0.717, 1.165) is 45.2 Å². The quantitative estimate of drug-likeness (QED) is 0.660. The summed E-state index contributed by atoms with van der Waals surface area (Å²) in [7, 11) is 4.19. The van der Waals surface area contributed by atoms with Gasteiger partial charge in [0.2, 0.25) is 5.91 Å². The molecule has 0 aromatic carbocycles. The van der Waals surface area contributed by atoms with Crippen molar-refractivity contribution >= 4 is 5.91 Å². The summed E-state index contributed by atoms with van der Waals surface area (Å²) in [5.41, 5.74) is 0. The van der Waals surface area contributed by atoms with Crippen LogP contribution in [0.1, 0.15) is 52.9 Å². The predicted octanol–water partition coefficient (Wildman–Crippen LogP) is 2.30. The Morgan fingerprint density at radius 1 is 1.25 bits per heavy atom. The molecular formula is C16H33N3O. The fourth-order valence-electron chi connectivity index (χ4n) is 2.83. The second-order valence-corrected chi connectivity index (χ2v) is 6.59. The normalized spacial score (nSPS) is 23.4. The maximum absolute atomic E-state index is 12.5. The molecule has 1 aliphatic rings. The van der Waals surface area contributed by atoms with Crippen LogP contribution in [-0.4, -0.2) is 55.1 Å². The van der Waals surface area contributed by atoms with E-state index >= 15 is 0 Å². The summed E-state index contributed by atoms with van der Waals surface area (Å²) in [6, 6.07) is 0.0520. The van der Waals surface area contributed by atoms with Gasteiger partial charge in [0.1, 0.15) is 0 Å². The van der Waals surface area contributed by atoms with Gasteiger partial charge in [-0.1, -0.05) is 33.6 Å². The highest BCUT2D eigenvalue weighted by molar-refractivity contribution is 5.84. The lowest BCUT2D eigenvalue weighted by molar-refractivity contribution is -0.130. The maximum atomic E-state index is 12.5. The fourth-order valence-corrected chi connectivity index (χ4v) is 2.83. The van der Waals surface area contributed by atoms with Gasteiger partial charge < -0.3 is 9.80 Å². The second kappa shape index (κ2) is 8.63. The number of carbonyl (C=O) groups is 1. The largest absolute Gasteiger partial charge is 0.326 e. The Hall–Kier alpha value is -0.610. The molecule has 2 atom stereocenters. The Kier molecular flexibility index (Phi) is 7.52. The van der Waals surface area contributed by atoms with Gasteiger partial charge in [-0.2, -0.15) is 0 Å². The van der Waals surface area contributed by atoms with Gasteiger partial charge in [-0.25, -0.2) is 0 Å². The Labute approximate surface area is 124 Å². The molecule has 0 aromatic heterocycles. The van der Waals surface area contributed by atoms with Crippen molar-refractivity contribution in [2.45, 2.75) is 65.1 Å². The lowest BCUT2D eigenvalue weighted by Crippen LogP contribution is -2.42. The molecule has 1 N–H and O–H groups in total. The molecule has 0 aliphatic carbocycles. The Morgan fingerprint density at radius 3 is 2.50 bits per heavy atom. The molecule has 0 saturated carbocycles. The first-order valence-electron chi connectivity index (χ1n) is 8.18. The highest BCUT2D eigenvalue weighted by atomic mass is 16.2. The van der Waals surface area contributed by atoms with E-state index < -0.39 is 0 Å². The van der Waals surface area contributed by atoms with E-state index in [4.69, 9.17) is 0 Å². The SMILES string of the molecule is CCCCC1NC(C(C)C)N(CCCCN(C)C)C1=O. The number of amides is 1. The van der Waals surface area contributed by atoms with Crippen molar-refractivity contribution in [3.05, 3.63) is 0 Å². The number of nitrogens with one attached hydrogen (secondary N) is 1. The minimum atomic E-state index is 0.0520. The van der Waals surface area contributed by atoms with Crippen molar-refractivity contribution in [3.8, 4) is 0 Å². The molecule has 2 unspecified atom stereocenters. The van der Waals surface area contributed by atoms with Crippen molar-refractivity contribution in [1.82, 2.24) is 15.1 Å². The lowest BCUT2D eigenvalue weighted by Gasteiger charge is -2.27. The molecule has 1 fully saturated rings. The summed E-state index contributed by atoms with van der Waals surface area (Å²) < 4.78 is 0. The van der Waals surface area contributed by atoms with Gasteiger partial charge in [0.05, 0.1) is 12.2 Å². The molecule has 0 bridgehead atoms. The van der Waals surface area contributed by atoms with Crippen LogP contribution in [0.3, 0.4) is 0 Å². The van der Waals surface area contributed by atoms with Crippen LogP contribution in [0.4, 0.5) is 0 Å². The third-order valence-electron chi connectivity index (χ3n) is 4.02. The lowest BCUT2D eigenvalue weighted by atomic mass is 10.1. The van der Waals surface area contributed by atoms with E-state index in [2.05, 4.69) is 50.0 Å². The summed E-state index contributed by atoms with van der Waals surface area (Å²) in [4.78, 5) is 16.8. The predicted molar refractivity (Wildman–Crippen MR) is 84.6 cm³/mol. The summed E-state index contributed by atoms with van der Waals surface area (Å²) in [5, 5.41) is 3.54. The highest BCUT2D eigenvalue weighted by Crippen LogP contribution is 2.21. The smallest absolute Gasteiger partial charge is 0.241 e. The molecule has 1 amide bonds. The van der Waals surface area contributed by atoms with E-state index in [9.17, 15) is 4.79 Å². The highest BCUT2D eigenvalue weighted by Gasteiger charge is 2.39. The van der Waals surface area contributed by atoms with Crippen LogP contribution in [0.2, 0.25) is 0 Å². The average Bonchev–Trinajstić information content (AvgIpc) is 2.69. The van der Waals surface area contributed by atoms with Crippen molar-refractivity contribution < 1.29 is 4.79 Å². The van der Waals surface area contributed by atoms with Gasteiger partial charge in [-0.15, -0.1) is 0 Å². The second-order valence-electron chi connectivity index (χ2n) is 6.59. The van der Waals surface area contributed by atoms with Crippen LogP contribution < -0.4 is 5.32 Å². The zero-order valence-corrected chi connectivity index (χ0v) is 14.0. The van der Waals surface area contributed by atoms with E-state index in [-0.39, 0.29) is 12.2 Å². The Balaban J connectivity index is 2.49. The van der Waals surface area contributed by atoms with Gasteiger partial charge in [0.25, 0.3) is 0 Å². The molecule has 1 saturated heterocycles. The number of unbranched alkanes of at least 4 members (excludes halogenated alkanes) is 2. The number of hydrogen-bond donors (Lipinski definition) is 1. The molecule has 4 nitrogen and oxygen atoms in total. The van der Waals surface area contributed by atoms with Gasteiger partial charge in [-0.3, -0.25) is 10.1 Å². The molecule has 1 heterocycles. The molecule has 0 radical (unpaired) electrons. The standard InChI is InChI=1S/C16H33N3O/c1-6-7-10-14-16(20)19(15(17-14)13(2)3)12-9-8-11-18(4)5/h13-15,17H,6-12H2,1-5H3. The Morgan fingerprint density at radius 2 is 1.95 bits per heavy atom. The molecule has 118 valence electrons. The molecule has 4 heteroatoms. The monoisotopic (exact) mass is 283 g/mol. The topological polar surface area (TPSA) is 35.6 Å². The number of hydrogen-bond acceptors (Lipinski definition) is 3. The maximum Gasteiger partial charge on any atom is 0.241 e. The van der Waals surface area contributed by atoms with E-state index in [1.807, 2.05) is 0 Å². The van der Waals surface area contributed by atoms with E-state index in [0.29, 0.717) is 11.8 Å². The van der Waals surface area contributed by atoms with Crippen LogP contribution in [0.15, 0.2) is 0 Å². The third-order valence-corrected chi connectivity index (χ3v) is 4.02. The Bertz CT molecular complexity index is 291.